The molecule has 0 unspecified atom stereocenters. The van der Waals surface area contributed by atoms with Crippen molar-refractivity contribution < 1.29 is 0 Å². The summed E-state index contributed by atoms with van der Waals surface area (Å²) in [6, 6.07) is 7.90. The molecule has 5 heteroatoms. The van der Waals surface area contributed by atoms with Crippen LogP contribution in [0.15, 0.2) is 45.4 Å². The monoisotopic (exact) mass is 281 g/mol. The number of aromatic nitrogens is 1. The van der Waals surface area contributed by atoms with E-state index in [-0.39, 0.29) is 0 Å². The molecule has 0 fully saturated rings. The van der Waals surface area contributed by atoms with Gasteiger partial charge in [-0.1, -0.05) is 34.1 Å². The normalized spacial score (nSPS) is 10.7. The zero-order valence-electron chi connectivity index (χ0n) is 7.72. The van der Waals surface area contributed by atoms with Crippen molar-refractivity contribution in [2.75, 3.05) is 5.43 Å². The van der Waals surface area contributed by atoms with E-state index in [9.17, 15) is 0 Å². The summed E-state index contributed by atoms with van der Waals surface area (Å²) in [4.78, 5) is 4.05. The third-order valence-electron chi connectivity index (χ3n) is 1.70. The molecule has 0 saturated heterocycles. The van der Waals surface area contributed by atoms with E-state index in [2.05, 4.69) is 31.4 Å². The number of nitrogens with one attached hydrogen (secondary N) is 1. The van der Waals surface area contributed by atoms with Gasteiger partial charge < -0.3 is 0 Å². The summed E-state index contributed by atoms with van der Waals surface area (Å²) >= 11 is 4.96. The maximum atomic E-state index is 4.09. The number of hydrogen-bond donors (Lipinski definition) is 1. The Balaban J connectivity index is 2.03. The highest BCUT2D eigenvalue weighted by Crippen LogP contribution is 2.14. The van der Waals surface area contributed by atoms with Crippen LogP contribution in [0.3, 0.4) is 0 Å². The molecular weight excluding hydrogens is 274 g/mol. The molecule has 1 N–H and O–H groups in total. The van der Waals surface area contributed by atoms with Gasteiger partial charge in [-0.3, -0.25) is 5.43 Å². The van der Waals surface area contributed by atoms with Gasteiger partial charge >= 0.3 is 0 Å². The number of thiazole rings is 1. The second-order valence-electron chi connectivity index (χ2n) is 2.73. The van der Waals surface area contributed by atoms with Crippen LogP contribution in [0.4, 0.5) is 5.13 Å². The summed E-state index contributed by atoms with van der Waals surface area (Å²) in [5, 5.41) is 6.78. The Morgan fingerprint density at radius 2 is 2.27 bits per heavy atom. The maximum Gasteiger partial charge on any atom is 0.203 e. The fourth-order valence-corrected chi connectivity index (χ4v) is 1.88. The smallest absolute Gasteiger partial charge is 0.203 e. The lowest BCUT2D eigenvalue weighted by atomic mass is 10.2. The molecule has 0 amide bonds. The molecule has 0 spiro atoms. The molecule has 0 radical (unpaired) electrons. The van der Waals surface area contributed by atoms with Crippen LogP contribution in [0.5, 0.6) is 0 Å². The predicted molar refractivity (Wildman–Crippen MR) is 67.5 cm³/mol. The van der Waals surface area contributed by atoms with Crippen molar-refractivity contribution in [2.24, 2.45) is 5.10 Å². The van der Waals surface area contributed by atoms with Gasteiger partial charge in [0.1, 0.15) is 0 Å². The Bertz CT molecular complexity index is 453. The first-order valence-corrected chi connectivity index (χ1v) is 5.96. The Kier molecular flexibility index (Phi) is 3.47. The molecule has 1 aromatic heterocycles. The Morgan fingerprint density at radius 1 is 1.40 bits per heavy atom. The Labute approximate surface area is 100.0 Å². The van der Waals surface area contributed by atoms with E-state index in [4.69, 9.17) is 0 Å². The Morgan fingerprint density at radius 3 is 3.00 bits per heavy atom. The van der Waals surface area contributed by atoms with Crippen molar-refractivity contribution in [3.63, 3.8) is 0 Å². The molecule has 2 aromatic rings. The van der Waals surface area contributed by atoms with E-state index in [1.54, 1.807) is 12.4 Å². The summed E-state index contributed by atoms with van der Waals surface area (Å²) in [6.45, 7) is 0. The molecule has 0 aliphatic heterocycles. The van der Waals surface area contributed by atoms with Crippen molar-refractivity contribution in [1.29, 1.82) is 0 Å². The van der Waals surface area contributed by atoms with Crippen molar-refractivity contribution >= 4 is 38.6 Å². The second kappa shape index (κ2) is 5.04. The number of halogens is 1. The summed E-state index contributed by atoms with van der Waals surface area (Å²) in [7, 11) is 0. The van der Waals surface area contributed by atoms with E-state index >= 15 is 0 Å². The third kappa shape index (κ3) is 2.87. The van der Waals surface area contributed by atoms with Gasteiger partial charge in [0.15, 0.2) is 0 Å². The summed E-state index contributed by atoms with van der Waals surface area (Å²) in [5.41, 5.74) is 3.89. The van der Waals surface area contributed by atoms with Gasteiger partial charge in [-0.05, 0) is 6.07 Å². The highest BCUT2D eigenvalue weighted by molar-refractivity contribution is 9.10. The lowest BCUT2D eigenvalue weighted by Crippen LogP contribution is -1.90. The van der Waals surface area contributed by atoms with Crippen LogP contribution >= 0.6 is 27.3 Å². The fraction of sp³-hybridized carbons (Fsp3) is 0. The van der Waals surface area contributed by atoms with E-state index in [1.807, 2.05) is 29.6 Å². The Hall–Kier alpha value is -1.20. The predicted octanol–water partition coefficient (Wildman–Crippen LogP) is 3.35. The van der Waals surface area contributed by atoms with Crippen molar-refractivity contribution in [2.45, 2.75) is 0 Å². The largest absolute Gasteiger partial charge is 0.253 e. The van der Waals surface area contributed by atoms with Gasteiger partial charge in [0.05, 0.1) is 6.21 Å². The van der Waals surface area contributed by atoms with Gasteiger partial charge in [0, 0.05) is 21.6 Å². The highest BCUT2D eigenvalue weighted by Gasteiger charge is 1.93. The van der Waals surface area contributed by atoms with E-state index in [0.717, 1.165) is 15.2 Å². The van der Waals surface area contributed by atoms with Gasteiger partial charge in [0.25, 0.3) is 0 Å². The minimum atomic E-state index is 0.790. The zero-order chi connectivity index (χ0) is 10.5. The van der Waals surface area contributed by atoms with Gasteiger partial charge in [-0.15, -0.1) is 11.3 Å². The van der Waals surface area contributed by atoms with Crippen LogP contribution in [-0.2, 0) is 0 Å². The number of rotatable bonds is 3. The van der Waals surface area contributed by atoms with Crippen molar-refractivity contribution in [1.82, 2.24) is 4.98 Å². The molecule has 0 aliphatic rings. The van der Waals surface area contributed by atoms with E-state index < -0.39 is 0 Å². The minimum absolute atomic E-state index is 0.790. The zero-order valence-corrected chi connectivity index (χ0v) is 10.1. The summed E-state index contributed by atoms with van der Waals surface area (Å²) < 4.78 is 1.02. The second-order valence-corrected chi connectivity index (χ2v) is 4.48. The average molecular weight is 282 g/mol. The highest BCUT2D eigenvalue weighted by atomic mass is 79.9. The first-order valence-electron chi connectivity index (χ1n) is 4.29. The number of benzene rings is 1. The molecule has 0 atom stereocenters. The minimum Gasteiger partial charge on any atom is -0.253 e. The lowest BCUT2D eigenvalue weighted by Gasteiger charge is -1.96. The standard InChI is InChI=1S/C10H8BrN3S/c11-9-4-2-1-3-8(9)7-13-14-10-12-5-6-15-10/h1-7H,(H,12,14)/b13-7-. The molecule has 0 bridgehead atoms. The van der Waals surface area contributed by atoms with Crippen LogP contribution in [-0.4, -0.2) is 11.2 Å². The quantitative estimate of drug-likeness (QED) is 0.692. The van der Waals surface area contributed by atoms with E-state index in [1.165, 1.54) is 11.3 Å². The van der Waals surface area contributed by atoms with Crippen molar-refractivity contribution in [3.05, 3.63) is 45.9 Å². The molecule has 0 saturated carbocycles. The molecule has 15 heavy (non-hydrogen) atoms. The molecule has 2 rings (SSSR count). The number of anilines is 1. The molecular formula is C10H8BrN3S. The molecule has 76 valence electrons. The topological polar surface area (TPSA) is 37.3 Å². The van der Waals surface area contributed by atoms with Crippen LogP contribution in [0.25, 0.3) is 0 Å². The number of nitrogens with zero attached hydrogens (tertiary/aromatic N) is 2. The number of hydrogen-bond acceptors (Lipinski definition) is 4. The average Bonchev–Trinajstić information content (AvgIpc) is 2.74. The molecule has 1 aromatic carbocycles. The summed E-state index contributed by atoms with van der Waals surface area (Å²) in [5.74, 6) is 0. The SMILES string of the molecule is Brc1ccccc1/C=N\Nc1nccs1. The van der Waals surface area contributed by atoms with Crippen LogP contribution < -0.4 is 5.43 Å². The van der Waals surface area contributed by atoms with Crippen LogP contribution in [0, 0.1) is 0 Å². The van der Waals surface area contributed by atoms with E-state index in [0.29, 0.717) is 0 Å². The molecule has 3 nitrogen and oxygen atoms in total. The third-order valence-corrected chi connectivity index (χ3v) is 3.10. The maximum absolute atomic E-state index is 4.09. The first kappa shape index (κ1) is 10.3. The first-order chi connectivity index (χ1) is 7.36. The van der Waals surface area contributed by atoms with Crippen molar-refractivity contribution in [3.8, 4) is 0 Å². The van der Waals surface area contributed by atoms with Crippen LogP contribution in [0.1, 0.15) is 5.56 Å². The van der Waals surface area contributed by atoms with Gasteiger partial charge in [0.2, 0.25) is 5.13 Å². The van der Waals surface area contributed by atoms with Gasteiger partial charge in [-0.2, -0.15) is 5.10 Å². The van der Waals surface area contributed by atoms with Crippen LogP contribution in [0.2, 0.25) is 0 Å². The molecule has 1 heterocycles. The number of hydrazone groups is 1. The van der Waals surface area contributed by atoms with Gasteiger partial charge in [-0.25, -0.2) is 4.98 Å². The summed E-state index contributed by atoms with van der Waals surface area (Å²) in [6.07, 6.45) is 3.49. The molecule has 0 aliphatic carbocycles. The lowest BCUT2D eigenvalue weighted by molar-refractivity contribution is 1.29. The fourth-order valence-electron chi connectivity index (χ4n) is 1.02.